The van der Waals surface area contributed by atoms with Crippen molar-refractivity contribution in [2.24, 2.45) is 11.3 Å². The molecule has 0 aromatic heterocycles. The summed E-state index contributed by atoms with van der Waals surface area (Å²) in [4.78, 5) is 13.8. The summed E-state index contributed by atoms with van der Waals surface area (Å²) in [6.07, 6.45) is 2.21. The molecule has 5 nitrogen and oxygen atoms in total. The molecule has 1 unspecified atom stereocenters. The molecule has 1 fully saturated rings. The average molecular weight is 311 g/mol. The summed E-state index contributed by atoms with van der Waals surface area (Å²) in [5.74, 6) is -0.374. The highest BCUT2D eigenvalue weighted by Crippen LogP contribution is 2.36. The fourth-order valence-electron chi connectivity index (χ4n) is 2.81. The molecule has 1 aliphatic carbocycles. The molecule has 1 N–H and O–H groups in total. The summed E-state index contributed by atoms with van der Waals surface area (Å²) in [6.45, 7) is 6.37. The van der Waals surface area contributed by atoms with Crippen molar-refractivity contribution in [3.63, 3.8) is 0 Å². The summed E-state index contributed by atoms with van der Waals surface area (Å²) >= 11 is 0. The first-order chi connectivity index (χ1) is 10.8. The number of nitriles is 2. The Morgan fingerprint density at radius 2 is 1.91 bits per heavy atom. The van der Waals surface area contributed by atoms with Crippen molar-refractivity contribution in [2.45, 2.75) is 39.7 Å². The average Bonchev–Trinajstić information content (AvgIpc) is 3.28. The third-order valence-corrected chi connectivity index (χ3v) is 4.09. The largest absolute Gasteiger partial charge is 0.480 e. The Labute approximate surface area is 136 Å². The molecule has 0 spiro atoms. The highest BCUT2D eigenvalue weighted by molar-refractivity contribution is 5.79. The quantitative estimate of drug-likeness (QED) is 0.902. The summed E-state index contributed by atoms with van der Waals surface area (Å²) in [7, 11) is 0. The van der Waals surface area contributed by atoms with Gasteiger partial charge in [0.15, 0.2) is 0 Å². The van der Waals surface area contributed by atoms with E-state index in [2.05, 4.69) is 0 Å². The second kappa shape index (κ2) is 6.30. The second-order valence-corrected chi connectivity index (χ2v) is 7.16. The fraction of sp³-hybridized carbons (Fsp3) is 0.500. The van der Waals surface area contributed by atoms with E-state index in [1.165, 1.54) is 0 Å². The Morgan fingerprint density at radius 1 is 1.30 bits per heavy atom. The van der Waals surface area contributed by atoms with E-state index in [0.29, 0.717) is 23.7 Å². The summed E-state index contributed by atoms with van der Waals surface area (Å²) in [5.41, 5.74) is 0.824. The van der Waals surface area contributed by atoms with Crippen LogP contribution in [0.4, 0.5) is 5.69 Å². The molecule has 0 bridgehead atoms. The van der Waals surface area contributed by atoms with E-state index in [1.54, 1.807) is 18.2 Å². The highest BCUT2D eigenvalue weighted by Gasteiger charge is 2.39. The Hall–Kier alpha value is -2.53. The molecule has 1 aromatic rings. The zero-order chi connectivity index (χ0) is 17.2. The predicted molar refractivity (Wildman–Crippen MR) is 86.8 cm³/mol. The van der Waals surface area contributed by atoms with Gasteiger partial charge in [0.2, 0.25) is 0 Å². The molecule has 5 heteroatoms. The normalized spacial score (nSPS) is 15.3. The van der Waals surface area contributed by atoms with E-state index in [4.69, 9.17) is 5.26 Å². The van der Waals surface area contributed by atoms with Gasteiger partial charge in [0.05, 0.1) is 11.1 Å². The number of nitrogens with zero attached hydrogens (tertiary/aromatic N) is 3. The molecule has 0 saturated heterocycles. The number of hydrogen-bond donors (Lipinski definition) is 1. The Kier molecular flexibility index (Phi) is 4.61. The minimum atomic E-state index is -0.874. The number of rotatable bonds is 5. The lowest BCUT2D eigenvalue weighted by atomic mass is 9.85. The van der Waals surface area contributed by atoms with E-state index in [1.807, 2.05) is 37.8 Å². The molecule has 1 aromatic carbocycles. The van der Waals surface area contributed by atoms with Crippen LogP contribution < -0.4 is 4.90 Å². The maximum Gasteiger partial charge on any atom is 0.326 e. The van der Waals surface area contributed by atoms with Gasteiger partial charge >= 0.3 is 5.97 Å². The van der Waals surface area contributed by atoms with Gasteiger partial charge in [-0.3, -0.25) is 0 Å². The molecule has 0 radical (unpaired) electrons. The third kappa shape index (κ3) is 3.81. The molecule has 1 atom stereocenters. The van der Waals surface area contributed by atoms with Crippen LogP contribution in [0.2, 0.25) is 0 Å². The van der Waals surface area contributed by atoms with Gasteiger partial charge in [0, 0.05) is 12.2 Å². The predicted octanol–water partition coefficient (Wildman–Crippen LogP) is 3.15. The van der Waals surface area contributed by atoms with Gasteiger partial charge < -0.3 is 10.0 Å². The van der Waals surface area contributed by atoms with Gasteiger partial charge in [-0.25, -0.2) is 4.79 Å². The Bertz CT molecular complexity index is 688. The summed E-state index contributed by atoms with van der Waals surface area (Å²) in [5, 5.41) is 28.0. The zero-order valence-corrected chi connectivity index (χ0v) is 13.7. The number of aliphatic carboxylic acids is 1. The molecular formula is C18H21N3O2. The van der Waals surface area contributed by atoms with Crippen LogP contribution >= 0.6 is 0 Å². The highest BCUT2D eigenvalue weighted by atomic mass is 16.4. The topological polar surface area (TPSA) is 88.1 Å². The molecule has 2 rings (SSSR count). The minimum Gasteiger partial charge on any atom is -0.480 e. The maximum atomic E-state index is 11.9. The van der Waals surface area contributed by atoms with Crippen LogP contribution in [0.5, 0.6) is 0 Å². The maximum absolute atomic E-state index is 11.9. The van der Waals surface area contributed by atoms with Gasteiger partial charge in [-0.05, 0) is 42.4 Å². The molecule has 1 saturated carbocycles. The van der Waals surface area contributed by atoms with Crippen molar-refractivity contribution in [3.8, 4) is 12.1 Å². The van der Waals surface area contributed by atoms with Gasteiger partial charge in [0.25, 0.3) is 0 Å². The summed E-state index contributed by atoms with van der Waals surface area (Å²) in [6, 6.07) is 8.28. The van der Waals surface area contributed by atoms with Crippen molar-refractivity contribution in [1.29, 1.82) is 10.5 Å². The lowest BCUT2D eigenvalue weighted by Gasteiger charge is -2.39. The van der Waals surface area contributed by atoms with Gasteiger partial charge in [-0.1, -0.05) is 20.8 Å². The van der Waals surface area contributed by atoms with E-state index in [0.717, 1.165) is 12.8 Å². The number of carbonyl (C=O) groups is 1. The van der Waals surface area contributed by atoms with Crippen molar-refractivity contribution in [1.82, 2.24) is 0 Å². The van der Waals surface area contributed by atoms with Crippen LogP contribution in [0.25, 0.3) is 0 Å². The first-order valence-corrected chi connectivity index (χ1v) is 7.71. The Morgan fingerprint density at radius 3 is 2.35 bits per heavy atom. The van der Waals surface area contributed by atoms with Gasteiger partial charge in [0.1, 0.15) is 18.2 Å². The van der Waals surface area contributed by atoms with Crippen LogP contribution in [-0.2, 0) is 4.79 Å². The lowest BCUT2D eigenvalue weighted by molar-refractivity contribution is -0.141. The van der Waals surface area contributed by atoms with Crippen molar-refractivity contribution < 1.29 is 9.90 Å². The molecule has 120 valence electrons. The van der Waals surface area contributed by atoms with Crippen LogP contribution in [0, 0.1) is 34.0 Å². The van der Waals surface area contributed by atoms with Crippen molar-refractivity contribution in [2.75, 3.05) is 11.4 Å². The standard InChI is InChI=1S/C18H21N3O2/c1-18(2,3)16(17(22)23)21(11-12-4-5-12)15-7-6-13(9-19)14(8-15)10-20/h6-8,12,16H,4-5,11H2,1-3H3,(H,22,23). The third-order valence-electron chi connectivity index (χ3n) is 4.09. The van der Waals surface area contributed by atoms with Crippen LogP contribution in [0.3, 0.4) is 0 Å². The number of benzene rings is 1. The number of hydrogen-bond acceptors (Lipinski definition) is 4. The molecule has 0 aliphatic heterocycles. The van der Waals surface area contributed by atoms with Crippen molar-refractivity contribution in [3.05, 3.63) is 29.3 Å². The zero-order valence-electron chi connectivity index (χ0n) is 13.7. The number of carboxylic acid groups (broad SMARTS) is 1. The first-order valence-electron chi connectivity index (χ1n) is 7.71. The fourth-order valence-corrected chi connectivity index (χ4v) is 2.81. The van der Waals surface area contributed by atoms with Gasteiger partial charge in [-0.15, -0.1) is 0 Å². The monoisotopic (exact) mass is 311 g/mol. The lowest BCUT2D eigenvalue weighted by Crippen LogP contribution is -2.50. The van der Waals surface area contributed by atoms with E-state index in [9.17, 15) is 15.2 Å². The number of carboxylic acids is 1. The summed E-state index contributed by atoms with van der Waals surface area (Å²) < 4.78 is 0. The van der Waals surface area contributed by atoms with Crippen LogP contribution in [0.15, 0.2) is 18.2 Å². The molecule has 23 heavy (non-hydrogen) atoms. The molecular weight excluding hydrogens is 290 g/mol. The van der Waals surface area contributed by atoms with Gasteiger partial charge in [-0.2, -0.15) is 10.5 Å². The van der Waals surface area contributed by atoms with E-state index < -0.39 is 17.4 Å². The number of anilines is 1. The van der Waals surface area contributed by atoms with E-state index in [-0.39, 0.29) is 5.56 Å². The minimum absolute atomic E-state index is 0.281. The molecule has 1 aliphatic rings. The molecule has 0 amide bonds. The molecule has 0 heterocycles. The Balaban J connectivity index is 2.48. The van der Waals surface area contributed by atoms with Crippen molar-refractivity contribution >= 4 is 11.7 Å². The van der Waals surface area contributed by atoms with Crippen LogP contribution in [0.1, 0.15) is 44.7 Å². The second-order valence-electron chi connectivity index (χ2n) is 7.16. The first kappa shape index (κ1) is 16.8. The van der Waals surface area contributed by atoms with Crippen LogP contribution in [-0.4, -0.2) is 23.7 Å². The SMILES string of the molecule is CC(C)(C)C(C(=O)O)N(CC1CC1)c1ccc(C#N)c(C#N)c1. The van der Waals surface area contributed by atoms with E-state index >= 15 is 0 Å². The smallest absolute Gasteiger partial charge is 0.326 e.